The van der Waals surface area contributed by atoms with Crippen molar-refractivity contribution in [3.8, 4) is 5.75 Å². The zero-order chi connectivity index (χ0) is 15.7. The smallest absolute Gasteiger partial charge is 0.148 e. The Labute approximate surface area is 124 Å². The summed E-state index contributed by atoms with van der Waals surface area (Å²) in [5.74, 6) is -0.0424. The highest BCUT2D eigenvalue weighted by atomic mass is 16.5. The van der Waals surface area contributed by atoms with E-state index in [9.17, 15) is 15.3 Å². The third-order valence-electron chi connectivity index (χ3n) is 2.64. The molecular formula is C14H24N2O5. The van der Waals surface area contributed by atoms with Gasteiger partial charge in [0.25, 0.3) is 0 Å². The van der Waals surface area contributed by atoms with Gasteiger partial charge in [0.1, 0.15) is 23.9 Å². The molecule has 1 rings (SSSR count). The molecule has 0 saturated heterocycles. The van der Waals surface area contributed by atoms with Crippen LogP contribution < -0.4 is 10.6 Å². The van der Waals surface area contributed by atoms with Crippen LogP contribution in [0.15, 0.2) is 18.2 Å². The fourth-order valence-electron chi connectivity index (χ4n) is 1.70. The van der Waals surface area contributed by atoms with E-state index in [0.717, 1.165) is 0 Å². The Bertz CT molecular complexity index is 416. The first-order chi connectivity index (χ1) is 10.1. The molecule has 0 aliphatic heterocycles. The van der Waals surface area contributed by atoms with Gasteiger partial charge in [-0.3, -0.25) is 0 Å². The minimum atomic E-state index is -0.970. The lowest BCUT2D eigenvalue weighted by atomic mass is 10.2. The van der Waals surface area contributed by atoms with Crippen LogP contribution in [0.3, 0.4) is 0 Å². The van der Waals surface area contributed by atoms with Gasteiger partial charge in [-0.2, -0.15) is 0 Å². The number of para-hydroxylation sites is 1. The molecule has 0 aliphatic rings. The van der Waals surface area contributed by atoms with Crippen LogP contribution in [0.5, 0.6) is 5.75 Å². The molecule has 2 unspecified atom stereocenters. The molecule has 21 heavy (non-hydrogen) atoms. The van der Waals surface area contributed by atoms with Gasteiger partial charge in [-0.05, 0) is 26.0 Å². The Morgan fingerprint density at radius 3 is 2.14 bits per heavy atom. The number of anilines is 2. The lowest BCUT2D eigenvalue weighted by Gasteiger charge is -2.21. The van der Waals surface area contributed by atoms with Crippen LogP contribution in [-0.4, -0.2) is 54.2 Å². The molecule has 120 valence electrons. The van der Waals surface area contributed by atoms with Crippen molar-refractivity contribution in [2.24, 2.45) is 0 Å². The second-order valence-electron chi connectivity index (χ2n) is 4.34. The fraction of sp³-hybridized carbons (Fsp3) is 0.571. The van der Waals surface area contributed by atoms with E-state index in [1.54, 1.807) is 12.1 Å². The van der Waals surface area contributed by atoms with Crippen molar-refractivity contribution in [3.05, 3.63) is 18.2 Å². The average molecular weight is 300 g/mol. The molecule has 0 amide bonds. The zero-order valence-electron chi connectivity index (χ0n) is 12.4. The summed E-state index contributed by atoms with van der Waals surface area (Å²) < 4.78 is 10.2. The van der Waals surface area contributed by atoms with E-state index in [2.05, 4.69) is 10.6 Å². The van der Waals surface area contributed by atoms with Crippen LogP contribution in [0, 0.1) is 0 Å². The number of hydrogen-bond donors (Lipinski definition) is 5. The number of hydrogen-bond acceptors (Lipinski definition) is 7. The Balaban J connectivity index is 2.73. The van der Waals surface area contributed by atoms with E-state index in [4.69, 9.17) is 9.47 Å². The minimum Gasteiger partial charge on any atom is -0.506 e. The van der Waals surface area contributed by atoms with Crippen LogP contribution in [0.1, 0.15) is 13.8 Å². The van der Waals surface area contributed by atoms with E-state index in [-0.39, 0.29) is 19.0 Å². The number of phenols is 1. The van der Waals surface area contributed by atoms with Crippen LogP contribution in [-0.2, 0) is 9.47 Å². The molecule has 2 atom stereocenters. The van der Waals surface area contributed by atoms with E-state index in [0.29, 0.717) is 24.6 Å². The van der Waals surface area contributed by atoms with Crippen LogP contribution in [0.4, 0.5) is 11.4 Å². The van der Waals surface area contributed by atoms with Gasteiger partial charge < -0.3 is 35.4 Å². The molecule has 7 nitrogen and oxygen atoms in total. The number of rotatable bonds is 10. The first-order valence-electron chi connectivity index (χ1n) is 6.95. The van der Waals surface area contributed by atoms with Crippen molar-refractivity contribution in [2.45, 2.75) is 26.3 Å². The molecular weight excluding hydrogens is 276 g/mol. The summed E-state index contributed by atoms with van der Waals surface area (Å²) in [5.41, 5.74) is 0.748. The second-order valence-corrected chi connectivity index (χ2v) is 4.34. The van der Waals surface area contributed by atoms with E-state index in [1.807, 2.05) is 13.8 Å². The van der Waals surface area contributed by atoms with Crippen molar-refractivity contribution in [3.63, 3.8) is 0 Å². The Morgan fingerprint density at radius 2 is 1.57 bits per heavy atom. The SMILES string of the molecule is CCOCC(O)Nc1cccc(O)c1NC(O)COCC. The summed E-state index contributed by atoms with van der Waals surface area (Å²) in [6, 6.07) is 4.78. The molecule has 7 heteroatoms. The molecule has 0 spiro atoms. The van der Waals surface area contributed by atoms with Gasteiger partial charge in [-0.25, -0.2) is 0 Å². The summed E-state index contributed by atoms with van der Waals surface area (Å²) in [4.78, 5) is 0. The summed E-state index contributed by atoms with van der Waals surface area (Å²) in [6.07, 6.45) is -1.89. The number of benzene rings is 1. The maximum absolute atomic E-state index is 9.89. The fourth-order valence-corrected chi connectivity index (χ4v) is 1.70. The van der Waals surface area contributed by atoms with Crippen LogP contribution in [0.25, 0.3) is 0 Å². The quantitative estimate of drug-likeness (QED) is 0.323. The van der Waals surface area contributed by atoms with Gasteiger partial charge in [-0.1, -0.05) is 6.07 Å². The third kappa shape index (κ3) is 6.17. The second kappa shape index (κ2) is 9.41. The summed E-state index contributed by atoms with van der Waals surface area (Å²) in [6.45, 7) is 4.84. The zero-order valence-corrected chi connectivity index (χ0v) is 12.4. The first-order valence-corrected chi connectivity index (χ1v) is 6.95. The molecule has 5 N–H and O–H groups in total. The highest BCUT2D eigenvalue weighted by Crippen LogP contribution is 2.32. The number of aromatic hydroxyl groups is 1. The molecule has 0 aliphatic carbocycles. The summed E-state index contributed by atoms with van der Waals surface area (Å²) >= 11 is 0. The molecule has 0 fully saturated rings. The summed E-state index contributed by atoms with van der Waals surface area (Å²) in [7, 11) is 0. The largest absolute Gasteiger partial charge is 0.506 e. The van der Waals surface area contributed by atoms with Crippen LogP contribution in [0.2, 0.25) is 0 Å². The normalized spacial score (nSPS) is 13.7. The maximum atomic E-state index is 9.89. The lowest BCUT2D eigenvalue weighted by molar-refractivity contribution is 0.0561. The Morgan fingerprint density at radius 1 is 1.00 bits per heavy atom. The lowest BCUT2D eigenvalue weighted by Crippen LogP contribution is -2.28. The minimum absolute atomic E-state index is 0.0424. The van der Waals surface area contributed by atoms with Gasteiger partial charge in [0.05, 0.1) is 18.9 Å². The van der Waals surface area contributed by atoms with Crippen molar-refractivity contribution in [1.82, 2.24) is 0 Å². The topological polar surface area (TPSA) is 103 Å². The van der Waals surface area contributed by atoms with Gasteiger partial charge in [0.2, 0.25) is 0 Å². The highest BCUT2D eigenvalue weighted by Gasteiger charge is 2.14. The molecule has 1 aromatic carbocycles. The van der Waals surface area contributed by atoms with Crippen molar-refractivity contribution in [1.29, 1.82) is 0 Å². The van der Waals surface area contributed by atoms with Gasteiger partial charge in [0.15, 0.2) is 0 Å². The molecule has 0 bridgehead atoms. The molecule has 0 heterocycles. The molecule has 0 aromatic heterocycles. The number of phenolic OH excluding ortho intramolecular Hbond substituents is 1. The molecule has 1 aromatic rings. The van der Waals surface area contributed by atoms with Crippen LogP contribution >= 0.6 is 0 Å². The Hall–Kier alpha value is -1.54. The molecule has 0 saturated carbocycles. The highest BCUT2D eigenvalue weighted by molar-refractivity contribution is 5.75. The van der Waals surface area contributed by atoms with E-state index >= 15 is 0 Å². The summed E-state index contributed by atoms with van der Waals surface area (Å²) in [5, 5.41) is 35.0. The van der Waals surface area contributed by atoms with Crippen molar-refractivity contribution < 1.29 is 24.8 Å². The maximum Gasteiger partial charge on any atom is 0.148 e. The number of ether oxygens (including phenoxy) is 2. The standard InChI is InChI=1S/C14H24N2O5/c1-3-20-8-12(18)15-10-6-5-7-11(17)14(10)16-13(19)9-21-4-2/h5-7,12-13,15-19H,3-4,8-9H2,1-2H3. The van der Waals surface area contributed by atoms with Gasteiger partial charge in [0, 0.05) is 13.2 Å². The number of aliphatic hydroxyl groups excluding tert-OH is 2. The monoisotopic (exact) mass is 300 g/mol. The number of nitrogens with one attached hydrogen (secondary N) is 2. The number of aliphatic hydroxyl groups is 2. The van der Waals surface area contributed by atoms with E-state index in [1.165, 1.54) is 6.07 Å². The third-order valence-corrected chi connectivity index (χ3v) is 2.64. The van der Waals surface area contributed by atoms with Gasteiger partial charge in [-0.15, -0.1) is 0 Å². The first kappa shape index (κ1) is 17.5. The predicted octanol–water partition coefficient (Wildman–Crippen LogP) is 0.926. The Kier molecular flexibility index (Phi) is 7.84. The van der Waals surface area contributed by atoms with Crippen molar-refractivity contribution in [2.75, 3.05) is 37.1 Å². The van der Waals surface area contributed by atoms with Gasteiger partial charge >= 0.3 is 0 Å². The van der Waals surface area contributed by atoms with E-state index < -0.39 is 12.5 Å². The molecule has 0 radical (unpaired) electrons. The predicted molar refractivity (Wildman–Crippen MR) is 80.4 cm³/mol. The average Bonchev–Trinajstić information content (AvgIpc) is 2.46. The van der Waals surface area contributed by atoms with Crippen molar-refractivity contribution >= 4 is 11.4 Å².